The van der Waals surface area contributed by atoms with Crippen LogP contribution in [0.1, 0.15) is 76.0 Å². The number of anilines is 1. The van der Waals surface area contributed by atoms with Crippen LogP contribution in [0.15, 0.2) is 77.4 Å². The standard InChI is InChI=1S/C78H130N2O27S/c1-7-79-72-20-18-69(108(83,84)85)67-71(72)78(4,22-25-89-31-33-93-39-41-97-47-49-101-55-57-105-63-65-107-61-59-103-53-51-99-45-43-95-37-35-91-29-27-87-6)74(79)14-10-8-11-15-75-77(3,70-66-68(2)17-19-73(70)80(75)23-13-9-12-16-76(81)82)21-24-88-30-32-92-38-40-96-46-48-100-54-56-104-62-64-106-60-58-102-52-50-98-44-42-94-36-34-90-28-26-86-5/h8,10-11,14-15,17-20,66-67H,7,9,12-13,16,21-65H2,1-6H3,(H-,81,82,83,84,85)/p+1. The number of aliphatic carboxylic acids is 1. The summed E-state index contributed by atoms with van der Waals surface area (Å²) in [4.78, 5) is 13.4. The maximum atomic E-state index is 12.5. The Kier molecular flexibility index (Phi) is 56.1. The highest BCUT2D eigenvalue weighted by Crippen LogP contribution is 2.51. The first-order valence-electron chi connectivity index (χ1n) is 38.3. The molecule has 620 valence electrons. The number of carboxylic acid groups (broad SMARTS) is 1. The van der Waals surface area contributed by atoms with Gasteiger partial charge in [0.25, 0.3) is 10.1 Å². The number of aryl methyl sites for hydroxylation is 1. The summed E-state index contributed by atoms with van der Waals surface area (Å²) in [6.07, 6.45) is 13.8. The fourth-order valence-corrected chi connectivity index (χ4v) is 12.1. The molecule has 2 unspecified atom stereocenters. The molecule has 2 atom stereocenters. The number of hydrogen-bond acceptors (Lipinski definition) is 26. The maximum absolute atomic E-state index is 12.5. The molecule has 108 heavy (non-hydrogen) atoms. The third-order valence-corrected chi connectivity index (χ3v) is 18.1. The quantitative estimate of drug-likeness (QED) is 0.0281. The Hall–Kier alpha value is -4.37. The van der Waals surface area contributed by atoms with Gasteiger partial charge in [-0.1, -0.05) is 29.9 Å². The Labute approximate surface area is 642 Å². The fraction of sp³-hybridized carbons (Fsp3) is 0.744. The summed E-state index contributed by atoms with van der Waals surface area (Å²) in [6.45, 7) is 29.4. The van der Waals surface area contributed by atoms with Crippen molar-refractivity contribution in [2.45, 2.75) is 81.9 Å². The van der Waals surface area contributed by atoms with E-state index >= 15 is 0 Å². The van der Waals surface area contributed by atoms with E-state index in [1.807, 2.05) is 12.2 Å². The highest BCUT2D eigenvalue weighted by atomic mass is 32.2. The summed E-state index contributed by atoms with van der Waals surface area (Å²) >= 11 is 0. The molecule has 0 saturated heterocycles. The molecule has 29 nitrogen and oxygen atoms in total. The minimum Gasteiger partial charge on any atom is -0.481 e. The van der Waals surface area contributed by atoms with Gasteiger partial charge in [0, 0.05) is 81.3 Å². The molecule has 30 heteroatoms. The van der Waals surface area contributed by atoms with Gasteiger partial charge in [-0.05, 0) is 89.3 Å². The average molecular weight is 1560 g/mol. The van der Waals surface area contributed by atoms with Gasteiger partial charge in [-0.25, -0.2) is 0 Å². The Morgan fingerprint density at radius 3 is 1.10 bits per heavy atom. The van der Waals surface area contributed by atoms with E-state index in [1.54, 1.807) is 26.4 Å². The molecule has 2 aliphatic rings. The minimum absolute atomic E-state index is 0.130. The monoisotopic (exact) mass is 1560 g/mol. The molecule has 4 rings (SSSR count). The molecule has 2 aliphatic heterocycles. The van der Waals surface area contributed by atoms with Crippen LogP contribution in [0.25, 0.3) is 0 Å². The third kappa shape index (κ3) is 42.5. The Bertz CT molecular complexity index is 2830. The van der Waals surface area contributed by atoms with Crippen molar-refractivity contribution in [3.05, 3.63) is 89.2 Å². The first kappa shape index (κ1) is 96.0. The van der Waals surface area contributed by atoms with E-state index < -0.39 is 26.9 Å². The molecule has 0 aromatic heterocycles. The van der Waals surface area contributed by atoms with Crippen molar-refractivity contribution in [1.82, 2.24) is 0 Å². The molecule has 0 saturated carbocycles. The number of unbranched alkanes of at least 4 members (excludes halogenated alkanes) is 2. The lowest BCUT2D eigenvalue weighted by molar-refractivity contribution is -0.438. The molecule has 0 amide bonds. The second kappa shape index (κ2) is 63.1. The van der Waals surface area contributed by atoms with Crippen molar-refractivity contribution in [1.29, 1.82) is 0 Å². The number of ether oxygens (including phenoxy) is 22. The zero-order valence-electron chi connectivity index (χ0n) is 65.6. The first-order valence-corrected chi connectivity index (χ1v) is 39.7. The van der Waals surface area contributed by atoms with E-state index in [4.69, 9.17) is 104 Å². The maximum Gasteiger partial charge on any atom is 0.303 e. The molecule has 0 fully saturated rings. The van der Waals surface area contributed by atoms with E-state index in [9.17, 15) is 22.9 Å². The number of likely N-dealkylation sites (N-methyl/N-ethyl adjacent to an activating group) is 1. The lowest BCUT2D eigenvalue weighted by Gasteiger charge is -2.30. The van der Waals surface area contributed by atoms with Crippen molar-refractivity contribution in [3.8, 4) is 0 Å². The number of hydrogen-bond donors (Lipinski definition) is 2. The van der Waals surface area contributed by atoms with Gasteiger partial charge in [0.2, 0.25) is 5.69 Å². The number of fused-ring (bicyclic) bond motifs is 2. The predicted octanol–water partition coefficient (Wildman–Crippen LogP) is 7.44. The summed E-state index contributed by atoms with van der Waals surface area (Å²) in [5, 5.41) is 9.37. The molecule has 0 aliphatic carbocycles. The molecular weight excluding hydrogens is 1430 g/mol. The molecule has 0 spiro atoms. The van der Waals surface area contributed by atoms with Crippen molar-refractivity contribution < 1.29 is 132 Å². The van der Waals surface area contributed by atoms with E-state index in [1.165, 1.54) is 11.6 Å². The van der Waals surface area contributed by atoms with Crippen LogP contribution in [-0.4, -0.2) is 339 Å². The number of rotatable bonds is 77. The van der Waals surface area contributed by atoms with Crippen LogP contribution < -0.4 is 4.90 Å². The predicted molar refractivity (Wildman–Crippen MR) is 407 cm³/mol. The van der Waals surface area contributed by atoms with Gasteiger partial charge in [0.1, 0.15) is 6.54 Å². The largest absolute Gasteiger partial charge is 0.481 e. The Morgan fingerprint density at radius 1 is 0.426 bits per heavy atom. The van der Waals surface area contributed by atoms with Crippen LogP contribution in [0.5, 0.6) is 0 Å². The molecule has 2 heterocycles. The fourth-order valence-electron chi connectivity index (χ4n) is 11.5. The van der Waals surface area contributed by atoms with Gasteiger partial charge in [-0.2, -0.15) is 13.0 Å². The SMILES string of the molecule is CCN1C(=CC=CC=CC2=[N+](CCCCCC(=O)O)c3ccc(C)cc3C2(C)CCOCCOCCOCCOCCOCCOCCOCCOCCOCCOCCOC)C(C)(CCOCCOCCOCCOCCOCCOCCOCCOCCOCCOCCOC)c2cc(S(=O)(=O)O)ccc21. The number of carbonyl (C=O) groups is 1. The highest BCUT2D eigenvalue weighted by Gasteiger charge is 2.48. The van der Waals surface area contributed by atoms with Crippen LogP contribution in [0, 0.1) is 6.92 Å². The normalized spacial score (nSPS) is 16.3. The van der Waals surface area contributed by atoms with Gasteiger partial charge in [-0.3, -0.25) is 9.35 Å². The summed E-state index contributed by atoms with van der Waals surface area (Å²) in [5.74, 6) is -0.795. The summed E-state index contributed by atoms with van der Waals surface area (Å²) < 4.78 is 160. The van der Waals surface area contributed by atoms with Crippen molar-refractivity contribution in [3.63, 3.8) is 0 Å². The van der Waals surface area contributed by atoms with Crippen molar-refractivity contribution in [2.24, 2.45) is 0 Å². The second-order valence-corrected chi connectivity index (χ2v) is 26.8. The zero-order chi connectivity index (χ0) is 77.5. The lowest BCUT2D eigenvalue weighted by atomic mass is 9.76. The van der Waals surface area contributed by atoms with Gasteiger partial charge >= 0.3 is 5.97 Å². The zero-order valence-corrected chi connectivity index (χ0v) is 66.4. The number of nitrogens with zero attached hydrogens (tertiary/aromatic N) is 2. The van der Waals surface area contributed by atoms with Gasteiger partial charge in [0.05, 0.1) is 275 Å². The Morgan fingerprint density at radius 2 is 0.769 bits per heavy atom. The smallest absolute Gasteiger partial charge is 0.303 e. The number of carboxylic acids is 1. The van der Waals surface area contributed by atoms with Gasteiger partial charge < -0.3 is 114 Å². The third-order valence-electron chi connectivity index (χ3n) is 17.3. The van der Waals surface area contributed by atoms with Crippen LogP contribution in [0.4, 0.5) is 11.4 Å². The van der Waals surface area contributed by atoms with Gasteiger partial charge in [-0.15, -0.1) is 0 Å². The highest BCUT2D eigenvalue weighted by molar-refractivity contribution is 7.85. The second-order valence-electron chi connectivity index (χ2n) is 25.4. The summed E-state index contributed by atoms with van der Waals surface area (Å²) in [6, 6.07) is 11.3. The van der Waals surface area contributed by atoms with Gasteiger partial charge in [0.15, 0.2) is 5.71 Å². The first-order chi connectivity index (χ1) is 52.8. The molecular formula is C78H131N2O27S+. The molecule has 2 aromatic carbocycles. The van der Waals surface area contributed by atoms with Crippen LogP contribution >= 0.6 is 0 Å². The van der Waals surface area contributed by atoms with Crippen LogP contribution in [0.2, 0.25) is 0 Å². The van der Waals surface area contributed by atoms with E-state index in [2.05, 4.69) is 73.6 Å². The molecule has 2 aromatic rings. The van der Waals surface area contributed by atoms with E-state index in [0.29, 0.717) is 310 Å². The summed E-state index contributed by atoms with van der Waals surface area (Å²) in [7, 11) is -1.21. The summed E-state index contributed by atoms with van der Waals surface area (Å²) in [5.41, 5.74) is 6.04. The number of methoxy groups -OCH3 is 2. The van der Waals surface area contributed by atoms with Crippen molar-refractivity contribution in [2.75, 3.05) is 310 Å². The minimum atomic E-state index is -4.49. The molecule has 2 N–H and O–H groups in total. The van der Waals surface area contributed by atoms with E-state index in [-0.39, 0.29) is 11.3 Å². The number of benzene rings is 2. The Balaban J connectivity index is 1.14. The van der Waals surface area contributed by atoms with Crippen molar-refractivity contribution >= 4 is 33.2 Å². The van der Waals surface area contributed by atoms with Crippen LogP contribution in [-0.2, 0) is 130 Å². The molecule has 0 radical (unpaired) electrons. The average Bonchev–Trinajstić information content (AvgIpc) is 1.59. The topological polar surface area (TPSA) is 301 Å². The lowest BCUT2D eigenvalue weighted by Crippen LogP contribution is -2.33. The number of allylic oxidation sites excluding steroid dienone is 6. The van der Waals surface area contributed by atoms with Crippen LogP contribution in [0.3, 0.4) is 0 Å². The van der Waals surface area contributed by atoms with E-state index in [0.717, 1.165) is 46.8 Å². The molecule has 0 bridgehead atoms.